The summed E-state index contributed by atoms with van der Waals surface area (Å²) in [4.78, 5) is 17.5. The smallest absolute Gasteiger partial charge is 0.272 e. The van der Waals surface area contributed by atoms with Gasteiger partial charge < -0.3 is 9.80 Å². The normalized spacial score (nSPS) is 28.8. The highest BCUT2D eigenvalue weighted by molar-refractivity contribution is 5.94. The molecule has 0 spiro atoms. The average Bonchev–Trinajstić information content (AvgIpc) is 3.12. The number of likely N-dealkylation sites (tertiary alicyclic amines) is 2. The number of hydrogen-bond donors (Lipinski definition) is 0. The van der Waals surface area contributed by atoms with Crippen LogP contribution < -0.4 is 0 Å². The summed E-state index contributed by atoms with van der Waals surface area (Å²) in [6.07, 6.45) is 5.67. The number of likely N-dealkylation sites (N-methyl/N-ethyl adjacent to an activating group) is 1. The van der Waals surface area contributed by atoms with Gasteiger partial charge in [0.1, 0.15) is 5.69 Å². The first-order valence-electron chi connectivity index (χ1n) is 8.19. The fourth-order valence-electron chi connectivity index (χ4n) is 4.44. The van der Waals surface area contributed by atoms with Crippen LogP contribution in [0, 0.1) is 5.92 Å². The van der Waals surface area contributed by atoms with Gasteiger partial charge in [-0.05, 0) is 51.6 Å². The molecule has 0 unspecified atom stereocenters. The van der Waals surface area contributed by atoms with Crippen molar-refractivity contribution in [1.82, 2.24) is 19.6 Å². The van der Waals surface area contributed by atoms with Crippen molar-refractivity contribution in [2.45, 2.75) is 38.1 Å². The van der Waals surface area contributed by atoms with Crippen LogP contribution in [0.4, 0.5) is 0 Å². The first-order valence-corrected chi connectivity index (χ1v) is 8.19. The second-order valence-electron chi connectivity index (χ2n) is 6.91. The predicted molar refractivity (Wildman–Crippen MR) is 80.3 cm³/mol. The van der Waals surface area contributed by atoms with Gasteiger partial charge in [0, 0.05) is 31.7 Å². The summed E-state index contributed by atoms with van der Waals surface area (Å²) in [6.45, 7) is 2.99. The monoisotopic (exact) mass is 288 g/mol. The Morgan fingerprint density at radius 3 is 2.81 bits per heavy atom. The molecule has 1 aromatic rings. The Labute approximate surface area is 125 Å². The Balaban J connectivity index is 1.60. The zero-order chi connectivity index (χ0) is 14.6. The van der Waals surface area contributed by atoms with Gasteiger partial charge >= 0.3 is 0 Å². The maximum atomic E-state index is 13.0. The van der Waals surface area contributed by atoms with Gasteiger partial charge in [-0.2, -0.15) is 5.10 Å². The number of aromatic nitrogens is 2. The van der Waals surface area contributed by atoms with E-state index in [1.54, 1.807) is 0 Å². The fourth-order valence-corrected chi connectivity index (χ4v) is 4.44. The average molecular weight is 288 g/mol. The van der Waals surface area contributed by atoms with Gasteiger partial charge in [0.25, 0.3) is 5.91 Å². The summed E-state index contributed by atoms with van der Waals surface area (Å²) in [7, 11) is 4.11. The Kier molecular flexibility index (Phi) is 3.06. The molecule has 4 rings (SSSR count). The largest absolute Gasteiger partial charge is 0.335 e. The molecule has 0 bridgehead atoms. The van der Waals surface area contributed by atoms with Crippen molar-refractivity contribution in [3.8, 4) is 0 Å². The van der Waals surface area contributed by atoms with Crippen LogP contribution in [-0.2, 0) is 19.9 Å². The van der Waals surface area contributed by atoms with Crippen molar-refractivity contribution in [3.05, 3.63) is 17.0 Å². The molecule has 0 saturated carbocycles. The molecular weight excluding hydrogens is 264 g/mol. The minimum Gasteiger partial charge on any atom is -0.335 e. The number of hydrogen-bond acceptors (Lipinski definition) is 3. The van der Waals surface area contributed by atoms with Gasteiger partial charge in [-0.3, -0.25) is 9.48 Å². The highest BCUT2D eigenvalue weighted by atomic mass is 16.2. The molecule has 0 N–H and O–H groups in total. The third-order valence-electron chi connectivity index (χ3n) is 5.63. The molecule has 2 aliphatic heterocycles. The van der Waals surface area contributed by atoms with E-state index >= 15 is 0 Å². The van der Waals surface area contributed by atoms with Crippen LogP contribution >= 0.6 is 0 Å². The van der Waals surface area contributed by atoms with Gasteiger partial charge in [-0.1, -0.05) is 0 Å². The van der Waals surface area contributed by atoms with Crippen molar-refractivity contribution in [2.24, 2.45) is 13.0 Å². The lowest BCUT2D eigenvalue weighted by molar-refractivity contribution is 0.0762. The van der Waals surface area contributed by atoms with E-state index in [1.165, 1.54) is 31.4 Å². The summed E-state index contributed by atoms with van der Waals surface area (Å²) in [5, 5.41) is 4.59. The minimum absolute atomic E-state index is 0.205. The first kappa shape index (κ1) is 13.3. The molecule has 5 heteroatoms. The third-order valence-corrected chi connectivity index (χ3v) is 5.63. The van der Waals surface area contributed by atoms with Crippen molar-refractivity contribution in [1.29, 1.82) is 0 Å². The van der Waals surface area contributed by atoms with Crippen molar-refractivity contribution in [2.75, 3.05) is 26.7 Å². The van der Waals surface area contributed by atoms with E-state index in [0.29, 0.717) is 12.0 Å². The summed E-state index contributed by atoms with van der Waals surface area (Å²) in [5.74, 6) is 0.874. The van der Waals surface area contributed by atoms with Gasteiger partial charge in [-0.25, -0.2) is 0 Å². The highest BCUT2D eigenvalue weighted by Gasteiger charge is 2.42. The summed E-state index contributed by atoms with van der Waals surface area (Å²) >= 11 is 0. The molecule has 1 aromatic heterocycles. The first-order chi connectivity index (χ1) is 10.1. The second kappa shape index (κ2) is 4.83. The zero-order valence-electron chi connectivity index (χ0n) is 13.0. The molecule has 1 aliphatic carbocycles. The van der Waals surface area contributed by atoms with Crippen molar-refractivity contribution >= 4 is 5.91 Å². The van der Waals surface area contributed by atoms with Gasteiger partial charge in [0.05, 0.1) is 5.69 Å². The molecule has 1 amide bonds. The molecule has 2 atom stereocenters. The van der Waals surface area contributed by atoms with Crippen LogP contribution in [-0.4, -0.2) is 58.2 Å². The number of fused-ring (bicyclic) bond motifs is 2. The number of amides is 1. The van der Waals surface area contributed by atoms with Crippen LogP contribution in [0.2, 0.25) is 0 Å². The minimum atomic E-state index is 0.205. The Morgan fingerprint density at radius 2 is 2.00 bits per heavy atom. The van der Waals surface area contributed by atoms with E-state index in [1.807, 2.05) is 11.7 Å². The fraction of sp³-hybridized carbons (Fsp3) is 0.750. The van der Waals surface area contributed by atoms with Gasteiger partial charge in [-0.15, -0.1) is 0 Å². The molecule has 5 nitrogen and oxygen atoms in total. The standard InChI is InChI=1S/C16H24N4O/c1-18-8-7-11-9-20(10-14(11)18)16(21)15-12-5-3-4-6-13(12)17-19(15)2/h11,14H,3-10H2,1-2H3/t11-,14+/m0/s1. The maximum absolute atomic E-state index is 13.0. The lowest BCUT2D eigenvalue weighted by atomic mass is 9.95. The van der Waals surface area contributed by atoms with Crippen LogP contribution in [0.5, 0.6) is 0 Å². The lowest BCUT2D eigenvalue weighted by Crippen LogP contribution is -2.36. The zero-order valence-corrected chi connectivity index (χ0v) is 13.0. The van der Waals surface area contributed by atoms with E-state index in [0.717, 1.165) is 37.3 Å². The summed E-state index contributed by atoms with van der Waals surface area (Å²) in [5.41, 5.74) is 3.23. The number of rotatable bonds is 1. The molecule has 0 radical (unpaired) electrons. The van der Waals surface area contributed by atoms with E-state index < -0.39 is 0 Å². The van der Waals surface area contributed by atoms with Gasteiger partial charge in [0.2, 0.25) is 0 Å². The van der Waals surface area contributed by atoms with E-state index in [-0.39, 0.29) is 5.91 Å². The molecule has 3 aliphatic rings. The van der Waals surface area contributed by atoms with Gasteiger partial charge in [0.15, 0.2) is 0 Å². The Morgan fingerprint density at radius 1 is 1.19 bits per heavy atom. The molecule has 114 valence electrons. The molecule has 2 saturated heterocycles. The number of carbonyl (C=O) groups excluding carboxylic acids is 1. The van der Waals surface area contributed by atoms with Crippen LogP contribution in [0.3, 0.4) is 0 Å². The number of nitrogens with zero attached hydrogens (tertiary/aromatic N) is 4. The Hall–Kier alpha value is -1.36. The topological polar surface area (TPSA) is 41.4 Å². The van der Waals surface area contributed by atoms with Crippen LogP contribution in [0.1, 0.15) is 41.0 Å². The van der Waals surface area contributed by atoms with Crippen molar-refractivity contribution in [3.63, 3.8) is 0 Å². The molecule has 2 fully saturated rings. The SMILES string of the molecule is CN1CC[C@H]2CN(C(=O)c3c4c(nn3C)CCCC4)C[C@H]21. The molecule has 3 heterocycles. The Bertz CT molecular complexity index is 579. The maximum Gasteiger partial charge on any atom is 0.272 e. The van der Waals surface area contributed by atoms with Crippen LogP contribution in [0.15, 0.2) is 0 Å². The lowest BCUT2D eigenvalue weighted by Gasteiger charge is -2.21. The molecular formula is C16H24N4O. The highest BCUT2D eigenvalue weighted by Crippen LogP contribution is 2.32. The quantitative estimate of drug-likeness (QED) is 0.776. The number of aryl methyl sites for hydroxylation is 2. The van der Waals surface area contributed by atoms with E-state index in [2.05, 4.69) is 21.9 Å². The van der Waals surface area contributed by atoms with E-state index in [9.17, 15) is 4.79 Å². The second-order valence-corrected chi connectivity index (χ2v) is 6.91. The van der Waals surface area contributed by atoms with Crippen LogP contribution in [0.25, 0.3) is 0 Å². The summed E-state index contributed by atoms with van der Waals surface area (Å²) in [6, 6.07) is 0.568. The third kappa shape index (κ3) is 2.01. The van der Waals surface area contributed by atoms with Crippen molar-refractivity contribution < 1.29 is 4.79 Å². The predicted octanol–water partition coefficient (Wildman–Crippen LogP) is 1.07. The molecule has 21 heavy (non-hydrogen) atoms. The van der Waals surface area contributed by atoms with E-state index in [4.69, 9.17) is 0 Å². The molecule has 0 aromatic carbocycles. The summed E-state index contributed by atoms with van der Waals surface area (Å²) < 4.78 is 1.83. The number of carbonyl (C=O) groups is 1.